The number of hydrogen-bond donors (Lipinski definition) is 0. The summed E-state index contributed by atoms with van der Waals surface area (Å²) >= 11 is 0. The van der Waals surface area contributed by atoms with Gasteiger partial charge >= 0.3 is 0 Å². The summed E-state index contributed by atoms with van der Waals surface area (Å²) in [5.74, 6) is 4.01. The van der Waals surface area contributed by atoms with E-state index in [-0.39, 0.29) is 0 Å². The Morgan fingerprint density at radius 1 is 0.286 bits per heavy atom. The zero-order valence-electron chi connectivity index (χ0n) is 34.0. The molecule has 296 valence electrons. The Morgan fingerprint density at radius 3 is 1.30 bits per heavy atom. The summed E-state index contributed by atoms with van der Waals surface area (Å²) in [5, 5.41) is 0. The van der Waals surface area contributed by atoms with Gasteiger partial charge in [-0.25, -0.2) is 15.0 Å². The van der Waals surface area contributed by atoms with Gasteiger partial charge in [0.15, 0.2) is 40.5 Å². The topological polar surface area (TPSA) is 57.1 Å². The first-order valence-electron chi connectivity index (χ1n) is 21.2. The van der Waals surface area contributed by atoms with Crippen LogP contribution in [0.5, 0.6) is 23.0 Å². The molecule has 0 saturated heterocycles. The van der Waals surface area contributed by atoms with Gasteiger partial charge in [-0.3, -0.25) is 0 Å². The first-order chi connectivity index (χ1) is 31.2. The molecule has 5 heteroatoms. The van der Waals surface area contributed by atoms with Crippen LogP contribution in [0.4, 0.5) is 0 Å². The molecule has 0 radical (unpaired) electrons. The second-order valence-electron chi connectivity index (χ2n) is 15.9. The summed E-state index contributed by atoms with van der Waals surface area (Å²) in [4.78, 5) is 15.4. The largest absolute Gasteiger partial charge is 0.449 e. The molecule has 0 amide bonds. The lowest BCUT2D eigenvalue weighted by molar-refractivity contribution is 0.360. The third-order valence-electron chi connectivity index (χ3n) is 12.3. The van der Waals surface area contributed by atoms with E-state index in [0.717, 1.165) is 44.5 Å². The van der Waals surface area contributed by atoms with Crippen LogP contribution in [0.15, 0.2) is 224 Å². The lowest BCUT2D eigenvalue weighted by Gasteiger charge is -2.34. The number of fused-ring (bicyclic) bond motifs is 5. The van der Waals surface area contributed by atoms with Crippen molar-refractivity contribution in [3.63, 3.8) is 0 Å². The lowest BCUT2D eigenvalue weighted by Crippen LogP contribution is -2.28. The van der Waals surface area contributed by atoms with E-state index in [2.05, 4.69) is 194 Å². The van der Waals surface area contributed by atoms with Crippen molar-refractivity contribution in [2.24, 2.45) is 0 Å². The molecular weight excluding hydrogens is 771 g/mol. The number of benzene rings is 9. The van der Waals surface area contributed by atoms with Crippen molar-refractivity contribution in [2.75, 3.05) is 0 Å². The summed E-state index contributed by atoms with van der Waals surface area (Å²) in [6, 6.07) is 77.9. The van der Waals surface area contributed by atoms with Crippen molar-refractivity contribution in [3.05, 3.63) is 247 Å². The molecule has 1 aliphatic heterocycles. The highest BCUT2D eigenvalue weighted by atomic mass is 16.6. The van der Waals surface area contributed by atoms with Crippen LogP contribution in [0.2, 0.25) is 0 Å². The molecule has 10 aromatic rings. The maximum Gasteiger partial charge on any atom is 0.181 e. The molecule has 9 aromatic carbocycles. The minimum atomic E-state index is -0.587. The average Bonchev–Trinajstić information content (AvgIpc) is 3.65. The molecule has 0 N–H and O–H groups in total. The maximum atomic E-state index is 7.05. The molecule has 0 atom stereocenters. The van der Waals surface area contributed by atoms with E-state index < -0.39 is 5.41 Å². The van der Waals surface area contributed by atoms with Crippen LogP contribution in [0, 0.1) is 0 Å². The van der Waals surface area contributed by atoms with Crippen LogP contribution in [0.1, 0.15) is 22.3 Å². The number of ether oxygens (including phenoxy) is 2. The second-order valence-corrected chi connectivity index (χ2v) is 15.9. The molecule has 0 bridgehead atoms. The van der Waals surface area contributed by atoms with Gasteiger partial charge in [-0.1, -0.05) is 200 Å². The van der Waals surface area contributed by atoms with E-state index in [1.165, 1.54) is 22.3 Å². The van der Waals surface area contributed by atoms with Crippen molar-refractivity contribution in [1.82, 2.24) is 15.0 Å². The minimum Gasteiger partial charge on any atom is -0.449 e. The third-order valence-corrected chi connectivity index (χ3v) is 12.3. The van der Waals surface area contributed by atoms with Crippen molar-refractivity contribution < 1.29 is 9.47 Å². The summed E-state index contributed by atoms with van der Waals surface area (Å²) in [6.45, 7) is 0. The van der Waals surface area contributed by atoms with E-state index in [9.17, 15) is 0 Å². The molecule has 0 fully saturated rings. The monoisotopic (exact) mass is 807 g/mol. The minimum absolute atomic E-state index is 0.481. The molecule has 5 nitrogen and oxygen atoms in total. The van der Waals surface area contributed by atoms with Crippen LogP contribution in [-0.4, -0.2) is 15.0 Å². The number of nitrogens with zero attached hydrogens (tertiary/aromatic N) is 3. The Morgan fingerprint density at radius 2 is 0.730 bits per heavy atom. The van der Waals surface area contributed by atoms with Crippen molar-refractivity contribution in [1.29, 1.82) is 0 Å². The fourth-order valence-corrected chi connectivity index (χ4v) is 9.35. The van der Waals surface area contributed by atoms with Gasteiger partial charge in [0.25, 0.3) is 0 Å². The van der Waals surface area contributed by atoms with Gasteiger partial charge in [0.2, 0.25) is 0 Å². The highest BCUT2D eigenvalue weighted by molar-refractivity contribution is 5.89. The number of rotatable bonds is 7. The molecule has 12 rings (SSSR count). The fraction of sp³-hybridized carbons (Fsp3) is 0.0172. The van der Waals surface area contributed by atoms with Crippen LogP contribution in [0.3, 0.4) is 0 Å². The van der Waals surface area contributed by atoms with Gasteiger partial charge in [0.1, 0.15) is 0 Å². The van der Waals surface area contributed by atoms with Gasteiger partial charge in [0.05, 0.1) is 11.0 Å². The second kappa shape index (κ2) is 14.9. The van der Waals surface area contributed by atoms with E-state index in [1.54, 1.807) is 0 Å². The summed E-state index contributed by atoms with van der Waals surface area (Å²) < 4.78 is 13.9. The zero-order chi connectivity index (χ0) is 41.7. The van der Waals surface area contributed by atoms with Gasteiger partial charge < -0.3 is 9.47 Å². The van der Waals surface area contributed by atoms with Gasteiger partial charge in [-0.15, -0.1) is 0 Å². The molecule has 2 heterocycles. The van der Waals surface area contributed by atoms with Crippen LogP contribution < -0.4 is 9.47 Å². The molecule has 1 aromatic heterocycles. The fourth-order valence-electron chi connectivity index (χ4n) is 9.35. The summed E-state index contributed by atoms with van der Waals surface area (Å²) in [7, 11) is 0. The molecular formula is C58H37N3O2. The molecule has 0 spiro atoms. The normalized spacial score (nSPS) is 12.8. The van der Waals surface area contributed by atoms with E-state index in [0.29, 0.717) is 46.0 Å². The van der Waals surface area contributed by atoms with E-state index in [1.807, 2.05) is 30.3 Å². The summed E-state index contributed by atoms with van der Waals surface area (Å²) in [6.07, 6.45) is 0. The SMILES string of the molecule is c1ccc(-c2ccc(-c3nc(-c4ccc(-c5ccccc5)cc4)nc(-c4cccc5c4Oc4cc6c(cc4O5)-c4ccccc4C6(c4ccccc4)c4ccccc4)n3)cc2)cc1. The first kappa shape index (κ1) is 36.4. The van der Waals surface area contributed by atoms with Gasteiger partial charge in [-0.2, -0.15) is 0 Å². The standard InChI is InChI=1S/C58H37N3O2/c1-5-16-38(17-6-1)40-28-32-42(33-29-40)55-59-56(43-34-30-41(31-35-43)39-18-7-2-8-19-39)61-57(60-55)47-25-15-27-51-54(47)63-53-37-50-48(36-52(53)62-51)46-24-13-14-26-49(46)58(50,44-20-9-3-10-21-44)45-22-11-4-12-23-45/h1-37H. The van der Waals surface area contributed by atoms with Crippen LogP contribution in [-0.2, 0) is 5.41 Å². The summed E-state index contributed by atoms with van der Waals surface area (Å²) in [5.41, 5.74) is 13.4. The predicted octanol–water partition coefficient (Wildman–Crippen LogP) is 14.5. The Bertz CT molecular complexity index is 3160. The predicted molar refractivity (Wildman–Crippen MR) is 251 cm³/mol. The highest BCUT2D eigenvalue weighted by Gasteiger charge is 2.47. The average molecular weight is 808 g/mol. The zero-order valence-corrected chi connectivity index (χ0v) is 34.0. The molecule has 2 aliphatic rings. The van der Waals surface area contributed by atoms with Crippen molar-refractivity contribution in [2.45, 2.75) is 5.41 Å². The van der Waals surface area contributed by atoms with Crippen LogP contribution >= 0.6 is 0 Å². The third kappa shape index (κ3) is 6.13. The lowest BCUT2D eigenvalue weighted by atomic mass is 9.67. The Balaban J connectivity index is 0.996. The van der Waals surface area contributed by atoms with Crippen LogP contribution in [0.25, 0.3) is 67.5 Å². The molecule has 63 heavy (non-hydrogen) atoms. The Labute approximate surface area is 365 Å². The first-order valence-corrected chi connectivity index (χ1v) is 21.2. The number of para-hydroxylation sites is 1. The van der Waals surface area contributed by atoms with E-state index in [4.69, 9.17) is 24.4 Å². The quantitative estimate of drug-likeness (QED) is 0.161. The maximum absolute atomic E-state index is 7.05. The molecule has 0 unspecified atom stereocenters. The number of aromatic nitrogens is 3. The smallest absolute Gasteiger partial charge is 0.181 e. The van der Waals surface area contributed by atoms with Gasteiger partial charge in [-0.05, 0) is 79.9 Å². The van der Waals surface area contributed by atoms with Gasteiger partial charge in [0, 0.05) is 11.1 Å². The number of hydrogen-bond acceptors (Lipinski definition) is 5. The molecule has 1 aliphatic carbocycles. The molecule has 0 saturated carbocycles. The Hall–Kier alpha value is -8.41. The van der Waals surface area contributed by atoms with E-state index >= 15 is 0 Å². The highest BCUT2D eigenvalue weighted by Crippen LogP contribution is 2.60. The van der Waals surface area contributed by atoms with Crippen molar-refractivity contribution >= 4 is 0 Å². The Kier molecular flexibility index (Phi) is 8.64. The van der Waals surface area contributed by atoms with Crippen molar-refractivity contribution in [3.8, 4) is 90.5 Å².